The average molecular weight is 347 g/mol. The lowest BCUT2D eigenvalue weighted by Crippen LogP contribution is -2.34. The lowest BCUT2D eigenvalue weighted by Gasteiger charge is -2.10. The van der Waals surface area contributed by atoms with Crippen LogP contribution in [0.3, 0.4) is 0 Å². The zero-order valence-electron chi connectivity index (χ0n) is 12.9. The Morgan fingerprint density at radius 1 is 0.720 bits per heavy atom. The number of aromatic nitrogens is 2. The maximum atomic E-state index is 12.4. The van der Waals surface area contributed by atoms with Gasteiger partial charge in [0.25, 0.3) is 0 Å². The molecular formula is C20H11ClN2O2. The first-order valence-electron chi connectivity index (χ1n) is 7.82. The first kappa shape index (κ1) is 14.3. The summed E-state index contributed by atoms with van der Waals surface area (Å²) in [5.41, 5.74) is 3.27. The second-order valence-electron chi connectivity index (χ2n) is 6.05. The normalized spacial score (nSPS) is 11.7. The Morgan fingerprint density at radius 3 is 2.04 bits per heavy atom. The van der Waals surface area contributed by atoms with Gasteiger partial charge in [-0.25, -0.2) is 0 Å². The number of hydrogen-bond acceptors (Lipinski definition) is 2. The van der Waals surface area contributed by atoms with Crippen LogP contribution in [0, 0.1) is 0 Å². The summed E-state index contributed by atoms with van der Waals surface area (Å²) in [4.78, 5) is 31.0. The van der Waals surface area contributed by atoms with Crippen LogP contribution in [-0.2, 0) is 0 Å². The van der Waals surface area contributed by atoms with E-state index in [9.17, 15) is 9.59 Å². The Morgan fingerprint density at radius 2 is 1.32 bits per heavy atom. The summed E-state index contributed by atoms with van der Waals surface area (Å²) in [6.45, 7) is 0. The van der Waals surface area contributed by atoms with Crippen LogP contribution in [0.4, 0.5) is 0 Å². The highest BCUT2D eigenvalue weighted by Crippen LogP contribution is 2.37. The third-order valence-corrected chi connectivity index (χ3v) is 4.92. The van der Waals surface area contributed by atoms with E-state index in [0.29, 0.717) is 21.7 Å². The molecule has 0 atom stereocenters. The van der Waals surface area contributed by atoms with Crippen LogP contribution >= 0.6 is 11.6 Å². The molecule has 2 aromatic heterocycles. The van der Waals surface area contributed by atoms with Crippen molar-refractivity contribution in [2.45, 2.75) is 0 Å². The first-order valence-corrected chi connectivity index (χ1v) is 8.20. The van der Waals surface area contributed by atoms with Crippen molar-refractivity contribution in [1.82, 2.24) is 9.97 Å². The number of rotatable bonds is 2. The lowest BCUT2D eigenvalue weighted by atomic mass is 9.89. The Kier molecular flexibility index (Phi) is 2.82. The van der Waals surface area contributed by atoms with E-state index in [1.165, 1.54) is 0 Å². The van der Waals surface area contributed by atoms with Gasteiger partial charge in [-0.1, -0.05) is 29.8 Å². The van der Waals surface area contributed by atoms with Gasteiger partial charge >= 0.3 is 0 Å². The monoisotopic (exact) mass is 346 g/mol. The molecule has 5 aromatic rings. The SMILES string of the molecule is O=c1c(-c2c[nH]c3ccccc23)c(-c2c[nH]c3ccc(Cl)cc23)c1=O. The average Bonchev–Trinajstić information content (AvgIpc) is 3.22. The minimum Gasteiger partial charge on any atom is -0.361 e. The molecule has 5 heteroatoms. The Bertz CT molecular complexity index is 1350. The molecule has 0 fully saturated rings. The molecule has 4 nitrogen and oxygen atoms in total. The number of aromatic amines is 2. The minimum atomic E-state index is -0.457. The molecule has 0 saturated carbocycles. The third-order valence-electron chi connectivity index (χ3n) is 4.68. The quantitative estimate of drug-likeness (QED) is 0.470. The predicted octanol–water partition coefficient (Wildman–Crippen LogP) is 4.23. The number of H-pyrrole nitrogens is 2. The molecule has 0 bridgehead atoms. The van der Waals surface area contributed by atoms with Gasteiger partial charge in [0, 0.05) is 61.5 Å². The van der Waals surface area contributed by atoms with Crippen molar-refractivity contribution in [1.29, 1.82) is 0 Å². The van der Waals surface area contributed by atoms with Crippen LogP contribution in [0.1, 0.15) is 0 Å². The molecule has 0 aliphatic rings. The fraction of sp³-hybridized carbons (Fsp3) is 0. The minimum absolute atomic E-state index is 0.447. The molecule has 0 radical (unpaired) electrons. The van der Waals surface area contributed by atoms with Gasteiger partial charge in [-0.2, -0.15) is 0 Å². The van der Waals surface area contributed by atoms with Gasteiger partial charge in [0.15, 0.2) is 0 Å². The molecule has 2 heterocycles. The molecule has 0 aliphatic heterocycles. The fourth-order valence-electron chi connectivity index (χ4n) is 3.48. The van der Waals surface area contributed by atoms with E-state index in [1.807, 2.05) is 30.3 Å². The summed E-state index contributed by atoms with van der Waals surface area (Å²) < 4.78 is 0. The fourth-order valence-corrected chi connectivity index (χ4v) is 3.66. The van der Waals surface area contributed by atoms with Crippen molar-refractivity contribution in [3.8, 4) is 22.3 Å². The van der Waals surface area contributed by atoms with Crippen molar-refractivity contribution in [3.63, 3.8) is 0 Å². The molecule has 0 aliphatic carbocycles. The summed E-state index contributed by atoms with van der Waals surface area (Å²) in [5, 5.41) is 2.34. The molecule has 0 unspecified atom stereocenters. The number of hydrogen-bond donors (Lipinski definition) is 2. The van der Waals surface area contributed by atoms with E-state index in [-0.39, 0.29) is 0 Å². The predicted molar refractivity (Wildman–Crippen MR) is 101 cm³/mol. The van der Waals surface area contributed by atoms with Gasteiger partial charge in [0.05, 0.1) is 0 Å². The Labute approximate surface area is 146 Å². The van der Waals surface area contributed by atoms with Gasteiger partial charge in [-0.15, -0.1) is 0 Å². The number of nitrogens with one attached hydrogen (secondary N) is 2. The number of para-hydroxylation sites is 1. The maximum absolute atomic E-state index is 12.4. The van der Waals surface area contributed by atoms with E-state index < -0.39 is 10.9 Å². The second kappa shape index (κ2) is 4.94. The standard InChI is InChI=1S/C20H11ClN2O2/c21-10-5-6-16-12(7-10)14(9-23-16)18-17(19(24)20(18)25)13-8-22-15-4-2-1-3-11(13)15/h1-9,22-23H. The zero-order chi connectivity index (χ0) is 17.1. The maximum Gasteiger partial charge on any atom is 0.235 e. The van der Waals surface area contributed by atoms with E-state index in [0.717, 1.165) is 27.4 Å². The van der Waals surface area contributed by atoms with Crippen LogP contribution in [0.2, 0.25) is 5.02 Å². The first-order chi connectivity index (χ1) is 12.1. The third kappa shape index (κ3) is 1.88. The smallest absolute Gasteiger partial charge is 0.235 e. The van der Waals surface area contributed by atoms with Crippen molar-refractivity contribution in [2.24, 2.45) is 0 Å². The van der Waals surface area contributed by atoms with Gasteiger partial charge in [0.1, 0.15) is 0 Å². The van der Waals surface area contributed by atoms with Gasteiger partial charge < -0.3 is 9.97 Å². The van der Waals surface area contributed by atoms with Crippen LogP contribution in [0.5, 0.6) is 0 Å². The molecule has 25 heavy (non-hydrogen) atoms. The van der Waals surface area contributed by atoms with Gasteiger partial charge in [-0.05, 0) is 24.3 Å². The van der Waals surface area contributed by atoms with E-state index in [2.05, 4.69) is 9.97 Å². The summed E-state index contributed by atoms with van der Waals surface area (Å²) >= 11 is 6.11. The van der Waals surface area contributed by atoms with Crippen molar-refractivity contribution in [3.05, 3.63) is 80.3 Å². The molecule has 0 amide bonds. The van der Waals surface area contributed by atoms with E-state index in [4.69, 9.17) is 11.6 Å². The molecule has 120 valence electrons. The molecule has 2 N–H and O–H groups in total. The highest BCUT2D eigenvalue weighted by molar-refractivity contribution is 6.31. The number of fused-ring (bicyclic) bond motifs is 2. The molecule has 0 saturated heterocycles. The van der Waals surface area contributed by atoms with Crippen molar-refractivity contribution >= 4 is 33.4 Å². The van der Waals surface area contributed by atoms with E-state index in [1.54, 1.807) is 24.5 Å². The van der Waals surface area contributed by atoms with E-state index >= 15 is 0 Å². The summed E-state index contributed by atoms with van der Waals surface area (Å²) in [6, 6.07) is 13.2. The van der Waals surface area contributed by atoms with Crippen LogP contribution < -0.4 is 10.9 Å². The van der Waals surface area contributed by atoms with Crippen molar-refractivity contribution in [2.75, 3.05) is 0 Å². The Balaban J connectivity index is 1.82. The summed E-state index contributed by atoms with van der Waals surface area (Å²) in [5.74, 6) is 0. The largest absolute Gasteiger partial charge is 0.361 e. The Hall–Kier alpha value is -3.11. The summed E-state index contributed by atoms with van der Waals surface area (Å²) in [7, 11) is 0. The molecule has 3 aromatic carbocycles. The topological polar surface area (TPSA) is 65.7 Å². The number of benzene rings is 2. The summed E-state index contributed by atoms with van der Waals surface area (Å²) in [6.07, 6.45) is 3.54. The molecule has 0 spiro atoms. The van der Waals surface area contributed by atoms with Gasteiger partial charge in [0.2, 0.25) is 10.9 Å². The highest BCUT2D eigenvalue weighted by Gasteiger charge is 2.27. The highest BCUT2D eigenvalue weighted by atomic mass is 35.5. The van der Waals surface area contributed by atoms with Crippen LogP contribution in [0.15, 0.2) is 64.4 Å². The second-order valence-corrected chi connectivity index (χ2v) is 6.48. The van der Waals surface area contributed by atoms with Gasteiger partial charge in [-0.3, -0.25) is 9.59 Å². The lowest BCUT2D eigenvalue weighted by molar-refractivity contribution is 1.39. The number of halogens is 1. The zero-order valence-corrected chi connectivity index (χ0v) is 13.6. The van der Waals surface area contributed by atoms with Crippen LogP contribution in [-0.4, -0.2) is 9.97 Å². The van der Waals surface area contributed by atoms with Crippen molar-refractivity contribution < 1.29 is 0 Å². The molecular weight excluding hydrogens is 336 g/mol. The molecule has 5 rings (SSSR count). The van der Waals surface area contributed by atoms with Crippen LogP contribution in [0.25, 0.3) is 44.1 Å².